The molecule has 0 atom stereocenters. The Bertz CT molecular complexity index is 925. The van der Waals surface area contributed by atoms with Gasteiger partial charge in [0.05, 0.1) is 20.6 Å². The van der Waals surface area contributed by atoms with Crippen molar-refractivity contribution in [2.75, 3.05) is 11.3 Å². The number of halogens is 2. The van der Waals surface area contributed by atoms with Crippen LogP contribution in [-0.2, 0) is 27.8 Å². The summed E-state index contributed by atoms with van der Waals surface area (Å²) in [6.45, 7) is 2.55. The minimum absolute atomic E-state index is 0.0279. The molecule has 0 bridgehead atoms. The third-order valence-corrected chi connectivity index (χ3v) is 6.12. The fourth-order valence-electron chi connectivity index (χ4n) is 2.76. The molecule has 5 nitrogen and oxygen atoms in total. The summed E-state index contributed by atoms with van der Waals surface area (Å²) in [6.07, 6.45) is 0.707. The molecule has 132 valence electrons. The van der Waals surface area contributed by atoms with E-state index in [0.717, 1.165) is 11.1 Å². The van der Waals surface area contributed by atoms with E-state index in [1.807, 2.05) is 0 Å². The molecule has 0 aliphatic carbocycles. The standard InChI is InChI=1S/C17H16Cl2N2O3S/c1-11(22)21-8-7-12-5-6-14(9-13(12)10-21)25(23,24)20-17-15(18)3-2-4-16(17)19/h2-6,9,20H,7-8,10H2,1H3. The van der Waals surface area contributed by atoms with Crippen molar-refractivity contribution in [3.8, 4) is 0 Å². The molecule has 1 N–H and O–H groups in total. The molecule has 0 saturated carbocycles. The first-order chi connectivity index (χ1) is 11.8. The monoisotopic (exact) mass is 398 g/mol. The molecule has 25 heavy (non-hydrogen) atoms. The Balaban J connectivity index is 1.94. The molecule has 2 aromatic rings. The van der Waals surface area contributed by atoms with Gasteiger partial charge in [-0.25, -0.2) is 8.42 Å². The molecule has 1 aliphatic heterocycles. The summed E-state index contributed by atoms with van der Waals surface area (Å²) in [6, 6.07) is 9.69. The van der Waals surface area contributed by atoms with Gasteiger partial charge in [-0.15, -0.1) is 0 Å². The van der Waals surface area contributed by atoms with Crippen molar-refractivity contribution in [3.05, 3.63) is 57.6 Å². The Hall–Kier alpha value is -1.76. The van der Waals surface area contributed by atoms with Crippen LogP contribution < -0.4 is 4.72 Å². The summed E-state index contributed by atoms with van der Waals surface area (Å²) in [7, 11) is -3.85. The van der Waals surface area contributed by atoms with Crippen LogP contribution in [0.4, 0.5) is 5.69 Å². The number of carbonyl (C=O) groups is 1. The fraction of sp³-hybridized carbons (Fsp3) is 0.235. The minimum atomic E-state index is -3.85. The molecule has 0 unspecified atom stereocenters. The van der Waals surface area contributed by atoms with Crippen molar-refractivity contribution < 1.29 is 13.2 Å². The maximum Gasteiger partial charge on any atom is 0.261 e. The van der Waals surface area contributed by atoms with Crippen molar-refractivity contribution >= 4 is 44.8 Å². The molecule has 3 rings (SSSR count). The van der Waals surface area contributed by atoms with Crippen LogP contribution in [0.1, 0.15) is 18.1 Å². The molecular weight excluding hydrogens is 383 g/mol. The van der Waals surface area contributed by atoms with E-state index in [1.165, 1.54) is 6.92 Å². The quantitative estimate of drug-likeness (QED) is 0.856. The fourth-order valence-corrected chi connectivity index (χ4v) is 4.51. The van der Waals surface area contributed by atoms with Crippen molar-refractivity contribution in [2.45, 2.75) is 24.8 Å². The third kappa shape index (κ3) is 3.76. The van der Waals surface area contributed by atoms with Crippen LogP contribution in [0.15, 0.2) is 41.3 Å². The lowest BCUT2D eigenvalue weighted by Gasteiger charge is -2.28. The van der Waals surface area contributed by atoms with Gasteiger partial charge in [0.15, 0.2) is 0 Å². The molecule has 0 aromatic heterocycles. The predicted octanol–water partition coefficient (Wildman–Crippen LogP) is 3.70. The zero-order valence-corrected chi connectivity index (χ0v) is 15.7. The molecule has 2 aromatic carbocycles. The molecule has 1 amide bonds. The number of rotatable bonds is 3. The number of sulfonamides is 1. The van der Waals surface area contributed by atoms with E-state index >= 15 is 0 Å². The highest BCUT2D eigenvalue weighted by Gasteiger charge is 2.22. The number of anilines is 1. The summed E-state index contributed by atoms with van der Waals surface area (Å²) in [5.74, 6) is -0.0279. The Kier molecular flexibility index (Phi) is 4.95. The average Bonchev–Trinajstić information content (AvgIpc) is 2.57. The zero-order valence-electron chi connectivity index (χ0n) is 13.4. The van der Waals surface area contributed by atoms with E-state index in [9.17, 15) is 13.2 Å². The average molecular weight is 399 g/mol. The number of nitrogens with zero attached hydrogens (tertiary/aromatic N) is 1. The van der Waals surface area contributed by atoms with Crippen molar-refractivity contribution in [2.24, 2.45) is 0 Å². The van der Waals surface area contributed by atoms with Gasteiger partial charge in [0.1, 0.15) is 0 Å². The summed E-state index contributed by atoms with van der Waals surface area (Å²) >= 11 is 12.1. The molecule has 0 saturated heterocycles. The number of fused-ring (bicyclic) bond motifs is 1. The van der Waals surface area contributed by atoms with Crippen molar-refractivity contribution in [3.63, 3.8) is 0 Å². The van der Waals surface area contributed by atoms with Crippen LogP contribution in [0.25, 0.3) is 0 Å². The highest BCUT2D eigenvalue weighted by Crippen LogP contribution is 2.32. The Morgan fingerprint density at radius 3 is 2.44 bits per heavy atom. The maximum atomic E-state index is 12.7. The second kappa shape index (κ2) is 6.86. The minimum Gasteiger partial charge on any atom is -0.338 e. The Morgan fingerprint density at radius 2 is 1.80 bits per heavy atom. The first-order valence-corrected chi connectivity index (χ1v) is 9.86. The molecule has 8 heteroatoms. The Labute approximate surface area is 156 Å². The van der Waals surface area contributed by atoms with Crippen LogP contribution in [0.2, 0.25) is 10.0 Å². The van der Waals surface area contributed by atoms with Gasteiger partial charge in [-0.1, -0.05) is 35.3 Å². The van der Waals surface area contributed by atoms with Crippen molar-refractivity contribution in [1.29, 1.82) is 0 Å². The van der Waals surface area contributed by atoms with Gasteiger partial charge in [0.25, 0.3) is 10.0 Å². The largest absolute Gasteiger partial charge is 0.338 e. The van der Waals surface area contributed by atoms with Crippen molar-refractivity contribution in [1.82, 2.24) is 4.90 Å². The number of para-hydroxylation sites is 1. The second-order valence-electron chi connectivity index (χ2n) is 5.82. The number of nitrogens with one attached hydrogen (secondary N) is 1. The lowest BCUT2D eigenvalue weighted by Crippen LogP contribution is -2.34. The molecule has 1 heterocycles. The van der Waals surface area contributed by atoms with E-state index in [4.69, 9.17) is 23.2 Å². The first-order valence-electron chi connectivity index (χ1n) is 7.62. The molecule has 0 fully saturated rings. The summed E-state index contributed by atoms with van der Waals surface area (Å²) in [4.78, 5) is 13.4. The van der Waals surface area contributed by atoms with Crippen LogP contribution in [-0.4, -0.2) is 25.8 Å². The number of carbonyl (C=O) groups excluding carboxylic acids is 1. The number of amides is 1. The normalized spacial score (nSPS) is 14.1. The van der Waals surface area contributed by atoms with E-state index < -0.39 is 10.0 Å². The van der Waals surface area contributed by atoms with Gasteiger partial charge in [-0.3, -0.25) is 9.52 Å². The van der Waals surface area contributed by atoms with Gasteiger partial charge < -0.3 is 4.90 Å². The third-order valence-electron chi connectivity index (χ3n) is 4.14. The molecule has 0 radical (unpaired) electrons. The SMILES string of the molecule is CC(=O)N1CCc2ccc(S(=O)(=O)Nc3c(Cl)cccc3Cl)cc2C1. The van der Waals surface area contributed by atoms with Crippen LogP contribution in [0.5, 0.6) is 0 Å². The van der Waals surface area contributed by atoms with E-state index in [-0.39, 0.29) is 26.5 Å². The van der Waals surface area contributed by atoms with E-state index in [2.05, 4.69) is 4.72 Å². The lowest BCUT2D eigenvalue weighted by molar-refractivity contribution is -0.129. The van der Waals surface area contributed by atoms with E-state index in [0.29, 0.717) is 19.5 Å². The van der Waals surface area contributed by atoms with Crippen LogP contribution in [0, 0.1) is 0 Å². The highest BCUT2D eigenvalue weighted by molar-refractivity contribution is 7.92. The Morgan fingerprint density at radius 1 is 1.12 bits per heavy atom. The van der Waals surface area contributed by atoms with Gasteiger partial charge >= 0.3 is 0 Å². The highest BCUT2D eigenvalue weighted by atomic mass is 35.5. The summed E-state index contributed by atoms with van der Waals surface area (Å²) < 4.78 is 27.8. The maximum absolute atomic E-state index is 12.7. The smallest absolute Gasteiger partial charge is 0.261 e. The molecule has 0 spiro atoms. The zero-order chi connectivity index (χ0) is 18.2. The van der Waals surface area contributed by atoms with Gasteiger partial charge in [0, 0.05) is 20.0 Å². The van der Waals surface area contributed by atoms with E-state index in [1.54, 1.807) is 41.3 Å². The topological polar surface area (TPSA) is 66.5 Å². The number of hydrogen-bond acceptors (Lipinski definition) is 3. The second-order valence-corrected chi connectivity index (χ2v) is 8.32. The summed E-state index contributed by atoms with van der Waals surface area (Å²) in [5, 5.41) is 0.438. The lowest BCUT2D eigenvalue weighted by atomic mass is 10.00. The predicted molar refractivity (Wildman–Crippen MR) is 98.5 cm³/mol. The van der Waals surface area contributed by atoms with Crippen LogP contribution >= 0.6 is 23.2 Å². The number of benzene rings is 2. The molecular formula is C17H16Cl2N2O3S. The summed E-state index contributed by atoms with van der Waals surface area (Å²) in [5.41, 5.74) is 2.02. The first kappa shape index (κ1) is 18.0. The molecule has 1 aliphatic rings. The number of hydrogen-bond donors (Lipinski definition) is 1. The van der Waals surface area contributed by atoms with Gasteiger partial charge in [-0.2, -0.15) is 0 Å². The van der Waals surface area contributed by atoms with Gasteiger partial charge in [-0.05, 0) is 41.8 Å². The van der Waals surface area contributed by atoms with Crippen LogP contribution in [0.3, 0.4) is 0 Å². The van der Waals surface area contributed by atoms with Gasteiger partial charge in [0.2, 0.25) is 5.91 Å².